The van der Waals surface area contributed by atoms with Crippen LogP contribution >= 0.6 is 0 Å². The zero-order valence-corrected chi connectivity index (χ0v) is 7.62. The monoisotopic (exact) mass is 165 g/mol. The van der Waals surface area contributed by atoms with Crippen LogP contribution in [0.4, 0.5) is 5.69 Å². The Morgan fingerprint density at radius 2 is 2.50 bits per heavy atom. The summed E-state index contributed by atoms with van der Waals surface area (Å²) >= 11 is 0. The van der Waals surface area contributed by atoms with Crippen LogP contribution in [0.1, 0.15) is 25.1 Å². The molecular weight excluding hydrogens is 150 g/mol. The van der Waals surface area contributed by atoms with Gasteiger partial charge in [0.05, 0.1) is 17.4 Å². The van der Waals surface area contributed by atoms with Gasteiger partial charge in [-0.25, -0.2) is 0 Å². The van der Waals surface area contributed by atoms with Crippen molar-refractivity contribution < 1.29 is 0 Å². The van der Waals surface area contributed by atoms with E-state index in [-0.39, 0.29) is 0 Å². The van der Waals surface area contributed by atoms with Crippen molar-refractivity contribution in [3.05, 3.63) is 24.5 Å². The summed E-state index contributed by atoms with van der Waals surface area (Å²) in [5, 5.41) is 4.27. The van der Waals surface area contributed by atoms with Crippen LogP contribution in [0.3, 0.4) is 0 Å². The van der Waals surface area contributed by atoms with Crippen LogP contribution in [-0.4, -0.2) is 9.78 Å². The van der Waals surface area contributed by atoms with Crippen molar-refractivity contribution in [2.24, 2.45) is 0 Å². The molecule has 0 spiro atoms. The van der Waals surface area contributed by atoms with Gasteiger partial charge in [0.2, 0.25) is 0 Å². The fourth-order valence-corrected chi connectivity index (χ4v) is 1.07. The summed E-state index contributed by atoms with van der Waals surface area (Å²) in [6, 6.07) is 0.346. The molecule has 0 saturated carbocycles. The highest BCUT2D eigenvalue weighted by molar-refractivity contribution is 5.39. The van der Waals surface area contributed by atoms with E-state index in [1.54, 1.807) is 0 Å². The van der Waals surface area contributed by atoms with Gasteiger partial charge < -0.3 is 5.73 Å². The van der Waals surface area contributed by atoms with Gasteiger partial charge in [0.1, 0.15) is 0 Å². The topological polar surface area (TPSA) is 43.8 Å². The van der Waals surface area contributed by atoms with Crippen LogP contribution < -0.4 is 5.73 Å². The van der Waals surface area contributed by atoms with Gasteiger partial charge in [-0.15, -0.1) is 6.58 Å². The van der Waals surface area contributed by atoms with E-state index in [2.05, 4.69) is 18.6 Å². The molecule has 3 heteroatoms. The number of aryl methyl sites for hydroxylation is 1. The first-order valence-corrected chi connectivity index (χ1v) is 4.07. The van der Waals surface area contributed by atoms with Crippen molar-refractivity contribution in [3.8, 4) is 0 Å². The summed E-state index contributed by atoms with van der Waals surface area (Å²) in [7, 11) is 0. The fraction of sp³-hybridized carbons (Fsp3) is 0.444. The number of allylic oxidation sites excluding steroid dienone is 1. The van der Waals surface area contributed by atoms with E-state index >= 15 is 0 Å². The van der Waals surface area contributed by atoms with Gasteiger partial charge in [-0.1, -0.05) is 6.08 Å². The second-order valence-corrected chi connectivity index (χ2v) is 3.02. The highest BCUT2D eigenvalue weighted by atomic mass is 15.3. The van der Waals surface area contributed by atoms with Crippen LogP contribution in [0.5, 0.6) is 0 Å². The minimum Gasteiger partial charge on any atom is -0.396 e. The maximum absolute atomic E-state index is 5.67. The highest BCUT2D eigenvalue weighted by Crippen LogP contribution is 2.14. The highest BCUT2D eigenvalue weighted by Gasteiger charge is 2.05. The first kappa shape index (κ1) is 8.84. The maximum atomic E-state index is 5.67. The smallest absolute Gasteiger partial charge is 0.0823 e. The van der Waals surface area contributed by atoms with E-state index in [1.807, 2.05) is 23.9 Å². The quantitative estimate of drug-likeness (QED) is 0.695. The predicted octanol–water partition coefficient (Wildman–Crippen LogP) is 1.91. The molecule has 0 aliphatic heterocycles. The van der Waals surface area contributed by atoms with Crippen LogP contribution in [0.15, 0.2) is 18.9 Å². The molecule has 1 atom stereocenters. The van der Waals surface area contributed by atoms with Crippen LogP contribution in [-0.2, 0) is 0 Å². The Balaban J connectivity index is 2.80. The standard InChI is InChI=1S/C9H15N3/c1-4-5-7(2)12-6-9(10)8(3)11-12/h4,6-7H,1,5,10H2,2-3H3. The molecule has 0 saturated heterocycles. The molecular formula is C9H15N3. The summed E-state index contributed by atoms with van der Waals surface area (Å²) in [6.45, 7) is 7.68. The maximum Gasteiger partial charge on any atom is 0.0823 e. The molecule has 2 N–H and O–H groups in total. The van der Waals surface area contributed by atoms with E-state index in [4.69, 9.17) is 5.73 Å². The van der Waals surface area contributed by atoms with E-state index in [0.717, 1.165) is 17.8 Å². The summed E-state index contributed by atoms with van der Waals surface area (Å²) in [5.74, 6) is 0. The molecule has 1 aromatic heterocycles. The fourth-order valence-electron chi connectivity index (χ4n) is 1.07. The van der Waals surface area contributed by atoms with Crippen LogP contribution in [0.2, 0.25) is 0 Å². The molecule has 0 fully saturated rings. The molecule has 0 amide bonds. The lowest BCUT2D eigenvalue weighted by Gasteiger charge is -2.07. The first-order chi connectivity index (χ1) is 5.65. The summed E-state index contributed by atoms with van der Waals surface area (Å²) in [5.41, 5.74) is 7.32. The Hall–Kier alpha value is -1.25. The van der Waals surface area contributed by atoms with Crippen molar-refractivity contribution >= 4 is 5.69 Å². The van der Waals surface area contributed by atoms with E-state index in [0.29, 0.717) is 6.04 Å². The molecule has 1 rings (SSSR count). The average Bonchev–Trinajstić information content (AvgIpc) is 2.33. The number of rotatable bonds is 3. The number of nitrogens with zero attached hydrogens (tertiary/aromatic N) is 2. The molecule has 0 aliphatic rings. The Kier molecular flexibility index (Phi) is 2.53. The Morgan fingerprint density at radius 3 is 2.92 bits per heavy atom. The van der Waals surface area contributed by atoms with Crippen LogP contribution in [0, 0.1) is 6.92 Å². The van der Waals surface area contributed by atoms with Crippen molar-refractivity contribution in [2.75, 3.05) is 5.73 Å². The second-order valence-electron chi connectivity index (χ2n) is 3.02. The summed E-state index contributed by atoms with van der Waals surface area (Å²) in [4.78, 5) is 0. The lowest BCUT2D eigenvalue weighted by atomic mass is 10.2. The number of nitrogens with two attached hydrogens (primary N) is 1. The third kappa shape index (κ3) is 1.67. The number of hydrogen-bond donors (Lipinski definition) is 1. The molecule has 1 unspecified atom stereocenters. The second kappa shape index (κ2) is 3.43. The average molecular weight is 165 g/mol. The van der Waals surface area contributed by atoms with Gasteiger partial charge in [0.25, 0.3) is 0 Å². The normalized spacial score (nSPS) is 12.8. The summed E-state index contributed by atoms with van der Waals surface area (Å²) < 4.78 is 1.88. The minimum atomic E-state index is 0.346. The third-order valence-corrected chi connectivity index (χ3v) is 1.91. The molecule has 1 aromatic rings. The van der Waals surface area contributed by atoms with E-state index in [9.17, 15) is 0 Å². The zero-order chi connectivity index (χ0) is 9.14. The Labute approximate surface area is 72.9 Å². The Morgan fingerprint density at radius 1 is 1.83 bits per heavy atom. The number of anilines is 1. The van der Waals surface area contributed by atoms with Gasteiger partial charge >= 0.3 is 0 Å². The molecule has 3 nitrogen and oxygen atoms in total. The van der Waals surface area contributed by atoms with Gasteiger partial charge in [-0.2, -0.15) is 5.10 Å². The first-order valence-electron chi connectivity index (χ1n) is 4.07. The van der Waals surface area contributed by atoms with Crippen molar-refractivity contribution in [1.82, 2.24) is 9.78 Å². The van der Waals surface area contributed by atoms with Crippen LogP contribution in [0.25, 0.3) is 0 Å². The van der Waals surface area contributed by atoms with Gasteiger partial charge in [-0.05, 0) is 20.3 Å². The van der Waals surface area contributed by atoms with Crippen molar-refractivity contribution in [3.63, 3.8) is 0 Å². The molecule has 1 heterocycles. The molecule has 12 heavy (non-hydrogen) atoms. The molecule has 66 valence electrons. The van der Waals surface area contributed by atoms with Gasteiger partial charge in [0.15, 0.2) is 0 Å². The summed E-state index contributed by atoms with van der Waals surface area (Å²) in [6.07, 6.45) is 4.67. The lowest BCUT2D eigenvalue weighted by molar-refractivity contribution is 0.494. The minimum absolute atomic E-state index is 0.346. The Bertz CT molecular complexity index is 256. The largest absolute Gasteiger partial charge is 0.396 e. The number of aromatic nitrogens is 2. The number of hydrogen-bond acceptors (Lipinski definition) is 2. The number of nitrogen functional groups attached to an aromatic ring is 1. The molecule has 0 aliphatic carbocycles. The molecule has 0 radical (unpaired) electrons. The third-order valence-electron chi connectivity index (χ3n) is 1.91. The van der Waals surface area contributed by atoms with E-state index < -0.39 is 0 Å². The molecule has 0 aromatic carbocycles. The molecule has 0 bridgehead atoms. The van der Waals surface area contributed by atoms with E-state index in [1.165, 1.54) is 0 Å². The predicted molar refractivity (Wildman–Crippen MR) is 50.9 cm³/mol. The SMILES string of the molecule is C=CCC(C)n1cc(N)c(C)n1. The van der Waals surface area contributed by atoms with Gasteiger partial charge in [-0.3, -0.25) is 4.68 Å². The van der Waals surface area contributed by atoms with Crippen molar-refractivity contribution in [1.29, 1.82) is 0 Å². The zero-order valence-electron chi connectivity index (χ0n) is 7.62. The lowest BCUT2D eigenvalue weighted by Crippen LogP contribution is -2.04. The van der Waals surface area contributed by atoms with Crippen molar-refractivity contribution in [2.45, 2.75) is 26.3 Å². The van der Waals surface area contributed by atoms with Gasteiger partial charge in [0, 0.05) is 6.20 Å².